The summed E-state index contributed by atoms with van der Waals surface area (Å²) >= 11 is 1.38. The number of pyridine rings is 1. The second kappa shape index (κ2) is 7.65. The van der Waals surface area contributed by atoms with Gasteiger partial charge in [0, 0.05) is 35.4 Å². The van der Waals surface area contributed by atoms with Crippen molar-refractivity contribution in [1.82, 2.24) is 14.5 Å². The Morgan fingerprint density at radius 1 is 1.42 bits per heavy atom. The highest BCUT2D eigenvalue weighted by molar-refractivity contribution is 7.09. The Hall–Kier alpha value is -2.75. The van der Waals surface area contributed by atoms with Crippen LogP contribution in [0, 0.1) is 0 Å². The van der Waals surface area contributed by atoms with Gasteiger partial charge in [0.15, 0.2) is 0 Å². The number of carbonyl (C=O) groups is 1. The summed E-state index contributed by atoms with van der Waals surface area (Å²) in [5.74, 6) is -0.105. The normalized spacial score (nSPS) is 12.1. The summed E-state index contributed by atoms with van der Waals surface area (Å²) in [6, 6.07) is 6.65. The number of primary amides is 1. The predicted molar refractivity (Wildman–Crippen MR) is 98.0 cm³/mol. The van der Waals surface area contributed by atoms with Crippen LogP contribution in [-0.4, -0.2) is 39.2 Å². The predicted octanol–water partition coefficient (Wildman–Crippen LogP) is 1.15. The average Bonchev–Trinajstić information content (AvgIpc) is 3.30. The van der Waals surface area contributed by atoms with Gasteiger partial charge in [0.05, 0.1) is 25.5 Å². The number of rotatable bonds is 7. The molecule has 26 heavy (non-hydrogen) atoms. The minimum absolute atomic E-state index is 0.156. The third-order valence-corrected chi connectivity index (χ3v) is 4.96. The van der Waals surface area contributed by atoms with Crippen molar-refractivity contribution in [3.8, 4) is 17.1 Å². The summed E-state index contributed by atoms with van der Waals surface area (Å²) in [6.07, 6.45) is 1.63. The van der Waals surface area contributed by atoms with Crippen LogP contribution >= 0.6 is 11.3 Å². The Balaban J connectivity index is 2.16. The van der Waals surface area contributed by atoms with Crippen LogP contribution in [-0.2, 0) is 6.61 Å². The number of aliphatic hydroxyl groups is 1. The largest absolute Gasteiger partial charge is 0.481 e. The van der Waals surface area contributed by atoms with Gasteiger partial charge in [0.2, 0.25) is 5.88 Å². The molecule has 0 aliphatic rings. The molecule has 0 spiro atoms. The van der Waals surface area contributed by atoms with Crippen LogP contribution in [0.4, 0.5) is 0 Å². The van der Waals surface area contributed by atoms with Crippen molar-refractivity contribution in [2.24, 2.45) is 11.5 Å². The van der Waals surface area contributed by atoms with Gasteiger partial charge in [-0.25, -0.2) is 9.97 Å². The molecule has 0 aliphatic heterocycles. The quantitative estimate of drug-likeness (QED) is 0.570. The van der Waals surface area contributed by atoms with Gasteiger partial charge in [-0.1, -0.05) is 0 Å². The fourth-order valence-corrected chi connectivity index (χ4v) is 3.68. The Morgan fingerprint density at radius 2 is 2.23 bits per heavy atom. The fraction of sp³-hybridized carbons (Fsp3) is 0.235. The molecule has 3 rings (SSSR count). The van der Waals surface area contributed by atoms with Gasteiger partial charge in [-0.05, 0) is 18.2 Å². The molecular formula is C17H19N5O3S. The standard InChI is InChI=1S/C17H19N5O3S/c1-25-15-6-10(4-5-20-15)12-2-3-13(16(19)24)22(12)14(7-18)17-21-11(8-23)9-26-17/h2-6,9,14,23H,7-8,18H2,1H3,(H2,19,24). The Bertz CT molecular complexity index is 921. The number of nitrogens with zero attached hydrogens (tertiary/aromatic N) is 3. The Labute approximate surface area is 154 Å². The molecule has 3 aromatic heterocycles. The number of hydrogen-bond acceptors (Lipinski definition) is 7. The van der Waals surface area contributed by atoms with Crippen LogP contribution in [0.15, 0.2) is 35.8 Å². The van der Waals surface area contributed by atoms with Crippen LogP contribution in [0.25, 0.3) is 11.3 Å². The van der Waals surface area contributed by atoms with Crippen molar-refractivity contribution < 1.29 is 14.6 Å². The highest BCUT2D eigenvalue weighted by atomic mass is 32.1. The van der Waals surface area contributed by atoms with Crippen molar-refractivity contribution in [1.29, 1.82) is 0 Å². The van der Waals surface area contributed by atoms with Crippen LogP contribution < -0.4 is 16.2 Å². The second-order valence-corrected chi connectivity index (χ2v) is 6.40. The van der Waals surface area contributed by atoms with Gasteiger partial charge in [-0.2, -0.15) is 0 Å². The summed E-state index contributed by atoms with van der Waals surface area (Å²) < 4.78 is 6.96. The van der Waals surface area contributed by atoms with E-state index in [2.05, 4.69) is 9.97 Å². The number of thiazole rings is 1. The maximum absolute atomic E-state index is 12.0. The summed E-state index contributed by atoms with van der Waals surface area (Å²) in [6.45, 7) is 0.0547. The van der Waals surface area contributed by atoms with E-state index in [-0.39, 0.29) is 13.2 Å². The zero-order chi connectivity index (χ0) is 18.7. The lowest BCUT2D eigenvalue weighted by Crippen LogP contribution is -2.26. The average molecular weight is 373 g/mol. The third kappa shape index (κ3) is 3.32. The smallest absolute Gasteiger partial charge is 0.265 e. The van der Waals surface area contributed by atoms with E-state index in [0.29, 0.717) is 22.3 Å². The molecule has 0 saturated carbocycles. The van der Waals surface area contributed by atoms with E-state index in [1.165, 1.54) is 18.4 Å². The van der Waals surface area contributed by atoms with Gasteiger partial charge in [0.1, 0.15) is 10.7 Å². The summed E-state index contributed by atoms with van der Waals surface area (Å²) in [5.41, 5.74) is 14.0. The maximum atomic E-state index is 12.0. The topological polar surface area (TPSA) is 129 Å². The number of ether oxygens (including phenoxy) is 1. The van der Waals surface area contributed by atoms with E-state index in [0.717, 1.165) is 11.3 Å². The molecule has 0 aromatic carbocycles. The molecule has 9 heteroatoms. The van der Waals surface area contributed by atoms with Gasteiger partial charge in [-0.15, -0.1) is 11.3 Å². The number of aliphatic hydroxyl groups excluding tert-OH is 1. The number of amides is 1. The van der Waals surface area contributed by atoms with Crippen molar-refractivity contribution in [3.05, 3.63) is 52.2 Å². The van der Waals surface area contributed by atoms with E-state index >= 15 is 0 Å². The molecule has 0 fully saturated rings. The van der Waals surface area contributed by atoms with Gasteiger partial charge in [-0.3, -0.25) is 4.79 Å². The number of hydrogen-bond donors (Lipinski definition) is 3. The number of carbonyl (C=O) groups excluding carboxylic acids is 1. The van der Waals surface area contributed by atoms with Crippen molar-refractivity contribution in [3.63, 3.8) is 0 Å². The SMILES string of the molecule is COc1cc(-c2ccc(C(N)=O)n2C(CN)c2nc(CO)cs2)ccn1. The molecule has 136 valence electrons. The molecule has 0 aliphatic carbocycles. The lowest BCUT2D eigenvalue weighted by atomic mass is 10.1. The molecule has 3 heterocycles. The molecular weight excluding hydrogens is 354 g/mol. The van der Waals surface area contributed by atoms with E-state index < -0.39 is 11.9 Å². The van der Waals surface area contributed by atoms with Gasteiger partial charge < -0.3 is 25.9 Å². The molecule has 1 atom stereocenters. The van der Waals surface area contributed by atoms with E-state index in [4.69, 9.17) is 16.2 Å². The minimum atomic E-state index is -0.561. The lowest BCUT2D eigenvalue weighted by molar-refractivity contribution is 0.0990. The first-order valence-corrected chi connectivity index (χ1v) is 8.73. The summed E-state index contributed by atoms with van der Waals surface area (Å²) in [4.78, 5) is 20.5. The van der Waals surface area contributed by atoms with Crippen molar-refractivity contribution in [2.75, 3.05) is 13.7 Å². The zero-order valence-corrected chi connectivity index (χ0v) is 14.9. The van der Waals surface area contributed by atoms with Crippen LogP contribution in [0.1, 0.15) is 27.2 Å². The monoisotopic (exact) mass is 373 g/mol. The minimum Gasteiger partial charge on any atom is -0.481 e. The lowest BCUT2D eigenvalue weighted by Gasteiger charge is -2.20. The first kappa shape index (κ1) is 18.1. The molecule has 0 bridgehead atoms. The van der Waals surface area contributed by atoms with Gasteiger partial charge in [0.25, 0.3) is 5.91 Å². The highest BCUT2D eigenvalue weighted by Gasteiger charge is 2.24. The van der Waals surface area contributed by atoms with Crippen LogP contribution in [0.3, 0.4) is 0 Å². The number of aromatic nitrogens is 3. The number of nitrogens with two attached hydrogens (primary N) is 2. The Kier molecular flexibility index (Phi) is 5.31. The molecule has 8 nitrogen and oxygen atoms in total. The summed E-state index contributed by atoms with van der Waals surface area (Å²) in [5, 5.41) is 11.7. The van der Waals surface area contributed by atoms with Crippen molar-refractivity contribution in [2.45, 2.75) is 12.6 Å². The summed E-state index contributed by atoms with van der Waals surface area (Å²) in [7, 11) is 1.54. The third-order valence-electron chi connectivity index (χ3n) is 3.96. The second-order valence-electron chi connectivity index (χ2n) is 5.51. The molecule has 3 aromatic rings. The molecule has 0 radical (unpaired) electrons. The molecule has 1 amide bonds. The maximum Gasteiger partial charge on any atom is 0.265 e. The molecule has 5 N–H and O–H groups in total. The molecule has 0 saturated heterocycles. The first-order chi connectivity index (χ1) is 12.6. The van der Waals surface area contributed by atoms with E-state index in [1.54, 1.807) is 34.3 Å². The van der Waals surface area contributed by atoms with Crippen molar-refractivity contribution >= 4 is 17.2 Å². The first-order valence-electron chi connectivity index (χ1n) is 7.85. The Morgan fingerprint density at radius 3 is 2.85 bits per heavy atom. The van der Waals surface area contributed by atoms with Crippen LogP contribution in [0.5, 0.6) is 5.88 Å². The zero-order valence-electron chi connectivity index (χ0n) is 14.1. The number of methoxy groups -OCH3 is 1. The molecule has 1 unspecified atom stereocenters. The van der Waals surface area contributed by atoms with Gasteiger partial charge >= 0.3 is 0 Å². The van der Waals surface area contributed by atoms with E-state index in [9.17, 15) is 9.90 Å². The van der Waals surface area contributed by atoms with Crippen LogP contribution in [0.2, 0.25) is 0 Å². The van der Waals surface area contributed by atoms with E-state index in [1.807, 2.05) is 6.07 Å². The fourth-order valence-electron chi connectivity index (χ4n) is 2.77. The highest BCUT2D eigenvalue weighted by Crippen LogP contribution is 2.32.